The minimum atomic E-state index is 0.610. The maximum absolute atomic E-state index is 5.77. The Bertz CT molecular complexity index is 1060. The summed E-state index contributed by atoms with van der Waals surface area (Å²) in [7, 11) is 1.66. The van der Waals surface area contributed by atoms with Gasteiger partial charge in [0.1, 0.15) is 5.75 Å². The molecule has 2 aromatic carbocycles. The van der Waals surface area contributed by atoms with Crippen LogP contribution >= 0.6 is 0 Å². The zero-order valence-corrected chi connectivity index (χ0v) is 18.9. The van der Waals surface area contributed by atoms with Crippen molar-refractivity contribution in [3.63, 3.8) is 0 Å². The molecule has 1 N–H and O–H groups in total. The number of hydrogen-bond acceptors (Lipinski definition) is 7. The number of benzene rings is 2. The molecule has 0 radical (unpaired) electrons. The lowest BCUT2D eigenvalue weighted by Gasteiger charge is -2.28. The molecule has 0 aliphatic carbocycles. The van der Waals surface area contributed by atoms with E-state index < -0.39 is 0 Å². The third kappa shape index (κ3) is 5.29. The molecule has 7 nitrogen and oxygen atoms in total. The lowest BCUT2D eigenvalue weighted by atomic mass is 10.1. The summed E-state index contributed by atoms with van der Waals surface area (Å²) in [5.41, 5.74) is 4.38. The highest BCUT2D eigenvalue weighted by atomic mass is 16.5. The predicted molar refractivity (Wildman–Crippen MR) is 125 cm³/mol. The van der Waals surface area contributed by atoms with Crippen LogP contribution in [0.25, 0.3) is 0 Å². The monoisotopic (exact) mass is 434 g/mol. The Morgan fingerprint density at radius 1 is 1.03 bits per heavy atom. The van der Waals surface area contributed by atoms with Gasteiger partial charge in [-0.05, 0) is 43.7 Å². The van der Waals surface area contributed by atoms with Crippen molar-refractivity contribution in [2.75, 3.05) is 32.2 Å². The van der Waals surface area contributed by atoms with Gasteiger partial charge in [-0.15, -0.1) is 0 Å². The zero-order chi connectivity index (χ0) is 22.3. The van der Waals surface area contributed by atoms with Gasteiger partial charge in [0.05, 0.1) is 26.0 Å². The second kappa shape index (κ2) is 10.3. The fourth-order valence-corrected chi connectivity index (χ4v) is 3.85. The van der Waals surface area contributed by atoms with Crippen molar-refractivity contribution in [2.45, 2.75) is 33.4 Å². The summed E-state index contributed by atoms with van der Waals surface area (Å²) < 4.78 is 16.7. The molecule has 0 fully saturated rings. The van der Waals surface area contributed by atoms with Crippen LogP contribution in [0.1, 0.15) is 30.7 Å². The quantitative estimate of drug-likeness (QED) is 0.528. The molecular formula is C25H30N4O3. The van der Waals surface area contributed by atoms with E-state index in [-0.39, 0.29) is 0 Å². The summed E-state index contributed by atoms with van der Waals surface area (Å²) in [6.45, 7) is 7.82. The lowest BCUT2D eigenvalue weighted by molar-refractivity contribution is 0.241. The average Bonchev–Trinajstić information content (AvgIpc) is 2.81. The number of rotatable bonds is 9. The van der Waals surface area contributed by atoms with Gasteiger partial charge in [-0.3, -0.25) is 4.90 Å². The van der Waals surface area contributed by atoms with Crippen LogP contribution in [0.2, 0.25) is 0 Å². The molecule has 4 rings (SSSR count). The van der Waals surface area contributed by atoms with Crippen molar-refractivity contribution >= 4 is 11.6 Å². The van der Waals surface area contributed by atoms with Gasteiger partial charge in [-0.2, -0.15) is 0 Å². The number of hydrogen-bond donors (Lipinski definition) is 1. The summed E-state index contributed by atoms with van der Waals surface area (Å²) in [6, 6.07) is 14.0. The van der Waals surface area contributed by atoms with E-state index in [0.717, 1.165) is 54.7 Å². The summed E-state index contributed by atoms with van der Waals surface area (Å²) >= 11 is 0. The van der Waals surface area contributed by atoms with Crippen LogP contribution in [0.5, 0.6) is 17.2 Å². The van der Waals surface area contributed by atoms with Gasteiger partial charge < -0.3 is 19.5 Å². The standard InChI is InChI=1S/C25H30N4O3/c1-4-31-23-10-9-18(13-24(23)32-5-2)16-29-12-11-22-19(17-29)15-26-25(28-22)27-20-7-6-8-21(14-20)30-3/h6-10,13-15H,4-5,11-12,16-17H2,1-3H3,(H,26,27,28). The Labute approximate surface area is 189 Å². The largest absolute Gasteiger partial charge is 0.497 e. The fourth-order valence-electron chi connectivity index (χ4n) is 3.85. The van der Waals surface area contributed by atoms with E-state index >= 15 is 0 Å². The molecular weight excluding hydrogens is 404 g/mol. The Kier molecular flexibility index (Phi) is 7.07. The van der Waals surface area contributed by atoms with Crippen molar-refractivity contribution in [1.29, 1.82) is 0 Å². The summed E-state index contributed by atoms with van der Waals surface area (Å²) in [4.78, 5) is 11.7. The number of aromatic nitrogens is 2. The van der Waals surface area contributed by atoms with Gasteiger partial charge in [0, 0.05) is 49.6 Å². The number of anilines is 2. The highest BCUT2D eigenvalue weighted by Crippen LogP contribution is 2.30. The first-order valence-electron chi connectivity index (χ1n) is 11.0. The van der Waals surface area contributed by atoms with Crippen molar-refractivity contribution in [3.8, 4) is 17.2 Å². The van der Waals surface area contributed by atoms with E-state index in [2.05, 4.69) is 27.3 Å². The molecule has 168 valence electrons. The van der Waals surface area contributed by atoms with E-state index in [1.54, 1.807) is 7.11 Å². The maximum Gasteiger partial charge on any atom is 0.227 e. The summed E-state index contributed by atoms with van der Waals surface area (Å²) in [5.74, 6) is 3.01. The number of methoxy groups -OCH3 is 1. The molecule has 0 spiro atoms. The van der Waals surface area contributed by atoms with Gasteiger partial charge in [0.2, 0.25) is 5.95 Å². The molecule has 0 amide bonds. The first-order chi connectivity index (χ1) is 15.7. The lowest BCUT2D eigenvalue weighted by Crippen LogP contribution is -2.31. The van der Waals surface area contributed by atoms with Crippen LogP contribution in [0, 0.1) is 0 Å². The third-order valence-electron chi connectivity index (χ3n) is 5.35. The molecule has 0 saturated carbocycles. The minimum absolute atomic E-state index is 0.610. The van der Waals surface area contributed by atoms with Crippen LogP contribution in [-0.4, -0.2) is 41.7 Å². The highest BCUT2D eigenvalue weighted by Gasteiger charge is 2.19. The van der Waals surface area contributed by atoms with Crippen molar-refractivity contribution in [3.05, 3.63) is 65.5 Å². The molecule has 0 atom stereocenters. The number of ether oxygens (including phenoxy) is 3. The Morgan fingerprint density at radius 2 is 1.88 bits per heavy atom. The number of nitrogens with one attached hydrogen (secondary N) is 1. The minimum Gasteiger partial charge on any atom is -0.497 e. The van der Waals surface area contributed by atoms with E-state index in [4.69, 9.17) is 19.2 Å². The zero-order valence-electron chi connectivity index (χ0n) is 18.9. The molecule has 2 heterocycles. The van der Waals surface area contributed by atoms with E-state index in [0.29, 0.717) is 19.2 Å². The molecule has 0 unspecified atom stereocenters. The first-order valence-corrected chi connectivity index (χ1v) is 11.0. The summed E-state index contributed by atoms with van der Waals surface area (Å²) in [6.07, 6.45) is 2.82. The molecule has 0 bridgehead atoms. The van der Waals surface area contributed by atoms with Crippen LogP contribution in [0.15, 0.2) is 48.7 Å². The maximum atomic E-state index is 5.77. The normalized spacial score (nSPS) is 13.3. The highest BCUT2D eigenvalue weighted by molar-refractivity contribution is 5.56. The fraction of sp³-hybridized carbons (Fsp3) is 0.360. The molecule has 1 aliphatic rings. The molecule has 3 aromatic rings. The number of fused-ring (bicyclic) bond motifs is 1. The molecule has 7 heteroatoms. The van der Waals surface area contributed by atoms with Gasteiger partial charge in [0.25, 0.3) is 0 Å². The van der Waals surface area contributed by atoms with Crippen LogP contribution in [0.4, 0.5) is 11.6 Å². The SMILES string of the molecule is CCOc1ccc(CN2CCc3nc(Nc4cccc(OC)c4)ncc3C2)cc1OCC. The van der Waals surface area contributed by atoms with Crippen molar-refractivity contribution < 1.29 is 14.2 Å². The van der Waals surface area contributed by atoms with Crippen LogP contribution < -0.4 is 19.5 Å². The predicted octanol–water partition coefficient (Wildman–Crippen LogP) is 4.58. The van der Waals surface area contributed by atoms with Crippen molar-refractivity contribution in [1.82, 2.24) is 14.9 Å². The molecule has 1 aromatic heterocycles. The van der Waals surface area contributed by atoms with Crippen LogP contribution in [-0.2, 0) is 19.5 Å². The van der Waals surface area contributed by atoms with Gasteiger partial charge in [-0.1, -0.05) is 12.1 Å². The Balaban J connectivity index is 1.42. The smallest absolute Gasteiger partial charge is 0.227 e. The third-order valence-corrected chi connectivity index (χ3v) is 5.35. The second-order valence-corrected chi connectivity index (χ2v) is 7.63. The van der Waals surface area contributed by atoms with E-state index in [9.17, 15) is 0 Å². The first kappa shape index (κ1) is 21.9. The molecule has 1 aliphatic heterocycles. The van der Waals surface area contributed by atoms with E-state index in [1.165, 1.54) is 11.1 Å². The Morgan fingerprint density at radius 3 is 2.69 bits per heavy atom. The van der Waals surface area contributed by atoms with E-state index in [1.807, 2.05) is 50.4 Å². The average molecular weight is 435 g/mol. The van der Waals surface area contributed by atoms with Gasteiger partial charge in [-0.25, -0.2) is 9.97 Å². The van der Waals surface area contributed by atoms with Crippen LogP contribution in [0.3, 0.4) is 0 Å². The number of nitrogens with zero attached hydrogens (tertiary/aromatic N) is 3. The summed E-state index contributed by atoms with van der Waals surface area (Å²) in [5, 5.41) is 3.27. The van der Waals surface area contributed by atoms with Gasteiger partial charge >= 0.3 is 0 Å². The van der Waals surface area contributed by atoms with Gasteiger partial charge in [0.15, 0.2) is 11.5 Å². The molecule has 32 heavy (non-hydrogen) atoms. The second-order valence-electron chi connectivity index (χ2n) is 7.63. The Hall–Kier alpha value is -3.32. The molecule has 0 saturated heterocycles. The topological polar surface area (TPSA) is 68.7 Å². The van der Waals surface area contributed by atoms with Crippen molar-refractivity contribution in [2.24, 2.45) is 0 Å².